The molecule has 5 nitrogen and oxygen atoms in total. The van der Waals surface area contributed by atoms with E-state index in [-0.39, 0.29) is 5.69 Å². The number of aryl methyl sites for hydroxylation is 1. The molecule has 0 aliphatic carbocycles. The lowest BCUT2D eigenvalue weighted by Gasteiger charge is -2.06. The van der Waals surface area contributed by atoms with Crippen molar-refractivity contribution in [2.24, 2.45) is 0 Å². The van der Waals surface area contributed by atoms with Crippen LogP contribution in [0, 0.1) is 0 Å². The Morgan fingerprint density at radius 3 is 2.53 bits per heavy atom. The molecule has 5 heteroatoms. The van der Waals surface area contributed by atoms with E-state index in [1.807, 2.05) is 0 Å². The van der Waals surface area contributed by atoms with Crippen molar-refractivity contribution < 1.29 is 9.53 Å². The quantitative estimate of drug-likeness (QED) is 0.851. The van der Waals surface area contributed by atoms with Crippen molar-refractivity contribution in [3.05, 3.63) is 47.4 Å². The van der Waals surface area contributed by atoms with Crippen molar-refractivity contribution >= 4 is 11.8 Å². The summed E-state index contributed by atoms with van der Waals surface area (Å²) in [6.45, 7) is 2.70. The summed E-state index contributed by atoms with van der Waals surface area (Å²) >= 11 is 0. The molecule has 1 heterocycles. The highest BCUT2D eigenvalue weighted by atomic mass is 16.5. The number of hydrogen-bond donors (Lipinski definition) is 1. The van der Waals surface area contributed by atoms with Gasteiger partial charge in [-0.3, -0.25) is 0 Å². The lowest BCUT2D eigenvalue weighted by Crippen LogP contribution is -2.08. The molecule has 100 valence electrons. The van der Waals surface area contributed by atoms with Gasteiger partial charge in [-0.15, -0.1) is 0 Å². The Morgan fingerprint density at radius 1 is 1.32 bits per heavy atom. The van der Waals surface area contributed by atoms with E-state index in [2.05, 4.69) is 40.9 Å². The smallest absolute Gasteiger partial charge is 0.360 e. The summed E-state index contributed by atoms with van der Waals surface area (Å²) in [6.07, 6.45) is 2.56. The van der Waals surface area contributed by atoms with Crippen LogP contribution in [0.4, 0.5) is 5.82 Å². The van der Waals surface area contributed by atoms with Crippen LogP contribution < -0.4 is 5.73 Å². The average molecular weight is 259 g/mol. The number of hydrogen-bond acceptors (Lipinski definition) is 4. The molecule has 0 spiro atoms. The summed E-state index contributed by atoms with van der Waals surface area (Å²) in [5.41, 5.74) is 8.44. The van der Waals surface area contributed by atoms with Crippen LogP contribution in [-0.2, 0) is 17.7 Å². The molecule has 0 aliphatic rings. The molecule has 0 atom stereocenters. The van der Waals surface area contributed by atoms with Crippen molar-refractivity contribution in [3.8, 4) is 0 Å². The summed E-state index contributed by atoms with van der Waals surface area (Å²) in [7, 11) is 1.31. The van der Waals surface area contributed by atoms with Gasteiger partial charge in [0.1, 0.15) is 5.82 Å². The Morgan fingerprint density at radius 2 is 1.95 bits per heavy atom. The van der Waals surface area contributed by atoms with Crippen LogP contribution in [0.5, 0.6) is 0 Å². The van der Waals surface area contributed by atoms with Gasteiger partial charge in [0.2, 0.25) is 0 Å². The van der Waals surface area contributed by atoms with E-state index in [9.17, 15) is 4.79 Å². The maximum atomic E-state index is 11.4. The van der Waals surface area contributed by atoms with Crippen LogP contribution in [0.2, 0.25) is 0 Å². The molecule has 1 aromatic heterocycles. The second-order valence-electron chi connectivity index (χ2n) is 4.27. The van der Waals surface area contributed by atoms with Gasteiger partial charge in [-0.2, -0.15) is 0 Å². The number of aromatic nitrogens is 2. The van der Waals surface area contributed by atoms with Crippen molar-refractivity contribution in [1.82, 2.24) is 9.55 Å². The van der Waals surface area contributed by atoms with Gasteiger partial charge in [-0.1, -0.05) is 31.2 Å². The fourth-order valence-electron chi connectivity index (χ4n) is 1.85. The molecule has 1 aromatic carbocycles. The largest absolute Gasteiger partial charge is 0.464 e. The number of esters is 1. The second-order valence-corrected chi connectivity index (χ2v) is 4.27. The highest BCUT2D eigenvalue weighted by Crippen LogP contribution is 2.14. The van der Waals surface area contributed by atoms with Gasteiger partial charge in [-0.25, -0.2) is 9.78 Å². The van der Waals surface area contributed by atoms with Gasteiger partial charge in [0.05, 0.1) is 20.0 Å². The van der Waals surface area contributed by atoms with Gasteiger partial charge in [0.25, 0.3) is 0 Å². The van der Waals surface area contributed by atoms with Crippen LogP contribution in [0.25, 0.3) is 0 Å². The number of anilines is 1. The van der Waals surface area contributed by atoms with Gasteiger partial charge < -0.3 is 15.0 Å². The molecule has 0 unspecified atom stereocenters. The number of imidazole rings is 1. The minimum atomic E-state index is -0.516. The minimum absolute atomic E-state index is 0.160. The third-order valence-electron chi connectivity index (χ3n) is 3.04. The Hall–Kier alpha value is -2.30. The standard InChI is InChI=1S/C14H17N3O2/c1-3-10-4-6-11(7-5-10)8-17-9-16-12(13(17)15)14(18)19-2/h4-7,9H,3,8,15H2,1-2H3. The maximum absolute atomic E-state index is 11.4. The first-order chi connectivity index (χ1) is 9.15. The third-order valence-corrected chi connectivity index (χ3v) is 3.04. The molecule has 0 bridgehead atoms. The van der Waals surface area contributed by atoms with Crippen molar-refractivity contribution in [3.63, 3.8) is 0 Å². The summed E-state index contributed by atoms with van der Waals surface area (Å²) in [6, 6.07) is 8.28. The summed E-state index contributed by atoms with van der Waals surface area (Å²) < 4.78 is 6.35. The molecular formula is C14H17N3O2. The van der Waals surface area contributed by atoms with E-state index in [0.717, 1.165) is 12.0 Å². The topological polar surface area (TPSA) is 70.1 Å². The van der Waals surface area contributed by atoms with E-state index in [0.29, 0.717) is 12.4 Å². The van der Waals surface area contributed by atoms with Gasteiger partial charge in [0.15, 0.2) is 5.69 Å². The predicted octanol–water partition coefficient (Wildman–Crippen LogP) is 1.86. The zero-order valence-electron chi connectivity index (χ0n) is 11.1. The summed E-state index contributed by atoms with van der Waals surface area (Å²) in [5.74, 6) is -0.191. The van der Waals surface area contributed by atoms with Gasteiger partial charge in [0, 0.05) is 0 Å². The minimum Gasteiger partial charge on any atom is -0.464 e. The maximum Gasteiger partial charge on any atom is 0.360 e. The number of ether oxygens (including phenoxy) is 1. The second kappa shape index (κ2) is 5.56. The number of nitrogens with two attached hydrogens (primary N) is 1. The van der Waals surface area contributed by atoms with Crippen molar-refractivity contribution in [2.45, 2.75) is 19.9 Å². The number of carbonyl (C=O) groups excluding carboxylic acids is 1. The van der Waals surface area contributed by atoms with Crippen LogP contribution in [-0.4, -0.2) is 22.6 Å². The predicted molar refractivity (Wildman–Crippen MR) is 72.9 cm³/mol. The Bertz CT molecular complexity index is 573. The highest BCUT2D eigenvalue weighted by Gasteiger charge is 2.15. The van der Waals surface area contributed by atoms with Gasteiger partial charge >= 0.3 is 5.97 Å². The number of methoxy groups -OCH3 is 1. The molecule has 19 heavy (non-hydrogen) atoms. The van der Waals surface area contributed by atoms with Crippen LogP contribution in [0.1, 0.15) is 28.5 Å². The molecule has 0 saturated carbocycles. The number of benzene rings is 1. The van der Waals surface area contributed by atoms with Crippen molar-refractivity contribution in [2.75, 3.05) is 12.8 Å². The number of rotatable bonds is 4. The normalized spacial score (nSPS) is 10.4. The SMILES string of the molecule is CCc1ccc(Cn2cnc(C(=O)OC)c2N)cc1. The van der Waals surface area contributed by atoms with E-state index >= 15 is 0 Å². The molecule has 2 aromatic rings. The third kappa shape index (κ3) is 2.76. The monoisotopic (exact) mass is 259 g/mol. The van der Waals surface area contributed by atoms with E-state index in [4.69, 9.17) is 5.73 Å². The van der Waals surface area contributed by atoms with E-state index in [1.165, 1.54) is 12.7 Å². The Kier molecular flexibility index (Phi) is 3.85. The number of nitrogens with zero attached hydrogens (tertiary/aromatic N) is 2. The zero-order chi connectivity index (χ0) is 13.8. The fraction of sp³-hybridized carbons (Fsp3) is 0.286. The van der Waals surface area contributed by atoms with Crippen LogP contribution in [0.3, 0.4) is 0 Å². The van der Waals surface area contributed by atoms with Crippen molar-refractivity contribution in [1.29, 1.82) is 0 Å². The number of nitrogen functional groups attached to an aromatic ring is 1. The molecule has 0 radical (unpaired) electrons. The molecular weight excluding hydrogens is 242 g/mol. The first-order valence-corrected chi connectivity index (χ1v) is 6.12. The number of carbonyl (C=O) groups is 1. The fourth-order valence-corrected chi connectivity index (χ4v) is 1.85. The Balaban J connectivity index is 2.19. The van der Waals surface area contributed by atoms with E-state index < -0.39 is 5.97 Å². The summed E-state index contributed by atoms with van der Waals surface area (Å²) in [4.78, 5) is 15.4. The Labute approximate surface area is 112 Å². The lowest BCUT2D eigenvalue weighted by atomic mass is 10.1. The molecule has 0 fully saturated rings. The molecule has 2 rings (SSSR count). The molecule has 0 aliphatic heterocycles. The molecule has 0 saturated heterocycles. The molecule has 0 amide bonds. The van der Waals surface area contributed by atoms with Crippen LogP contribution >= 0.6 is 0 Å². The first kappa shape index (κ1) is 13.1. The lowest BCUT2D eigenvalue weighted by molar-refractivity contribution is 0.0596. The zero-order valence-corrected chi connectivity index (χ0v) is 11.1. The summed E-state index contributed by atoms with van der Waals surface area (Å²) in [5, 5.41) is 0. The van der Waals surface area contributed by atoms with Gasteiger partial charge in [-0.05, 0) is 17.5 Å². The highest BCUT2D eigenvalue weighted by molar-refractivity contribution is 5.92. The average Bonchev–Trinajstić information content (AvgIpc) is 2.80. The van der Waals surface area contributed by atoms with E-state index in [1.54, 1.807) is 10.9 Å². The van der Waals surface area contributed by atoms with Crippen LogP contribution in [0.15, 0.2) is 30.6 Å². The first-order valence-electron chi connectivity index (χ1n) is 6.12. The molecule has 2 N–H and O–H groups in total.